The lowest BCUT2D eigenvalue weighted by molar-refractivity contribution is -0.384. The van der Waals surface area contributed by atoms with E-state index in [-0.39, 0.29) is 54.4 Å². The first-order chi connectivity index (χ1) is 29.7. The van der Waals surface area contributed by atoms with E-state index in [2.05, 4.69) is 94.4 Å². The molecule has 21 heteroatoms. The summed E-state index contributed by atoms with van der Waals surface area (Å²) in [6, 6.07) is 24.0. The second-order valence-electron chi connectivity index (χ2n) is 13.9. The Kier molecular flexibility index (Phi) is 17.4. The molecular weight excluding hydrogens is 943 g/mol. The van der Waals surface area contributed by atoms with Crippen LogP contribution in [0.4, 0.5) is 45.1 Å². The lowest BCUT2D eigenvalue weighted by Crippen LogP contribution is -2.44. The molecule has 2 saturated heterocycles. The Bertz CT molecular complexity index is 2440. The molecule has 0 radical (unpaired) electrons. The summed E-state index contributed by atoms with van der Waals surface area (Å²) in [5.74, 6) is -0.600. The number of nitrogen functional groups attached to an aromatic ring is 1. The molecule has 0 amide bonds. The van der Waals surface area contributed by atoms with Crippen LogP contribution in [0.3, 0.4) is 0 Å². The van der Waals surface area contributed by atoms with E-state index in [9.17, 15) is 29.8 Å². The van der Waals surface area contributed by atoms with E-state index in [4.69, 9.17) is 28.9 Å². The number of thiazole rings is 1. The fourth-order valence-corrected chi connectivity index (χ4v) is 7.84. The number of alkyl halides is 1. The number of nitro groups is 2. The van der Waals surface area contributed by atoms with E-state index in [0.717, 1.165) is 86.8 Å². The van der Waals surface area contributed by atoms with Crippen LogP contribution in [0.2, 0.25) is 10.0 Å². The minimum absolute atomic E-state index is 0.0288. The fourth-order valence-electron chi connectivity index (χ4n) is 6.18. The second kappa shape index (κ2) is 22.6. The number of hydrogen-bond donors (Lipinski definition) is 2. The highest BCUT2D eigenvalue weighted by atomic mass is 79.9. The third-order valence-corrected chi connectivity index (χ3v) is 12.0. The van der Waals surface area contributed by atoms with Crippen molar-refractivity contribution in [2.75, 3.05) is 92.6 Å². The molecule has 0 bridgehead atoms. The number of Topliss-reactive ketones (excluding diaryl/α,β-unsaturated/α-hetero) is 1. The van der Waals surface area contributed by atoms with Gasteiger partial charge in [0, 0.05) is 92.7 Å². The van der Waals surface area contributed by atoms with Gasteiger partial charge in [-0.25, -0.2) is 4.98 Å². The van der Waals surface area contributed by atoms with Gasteiger partial charge in [-0.05, 0) is 99.1 Å². The number of nitrogens with zero attached hydrogens (tertiary/aromatic N) is 8. The zero-order chi connectivity index (χ0) is 44.9. The zero-order valence-electron chi connectivity index (χ0n) is 33.5. The SMILES string of the molecule is CN1CCN(c2ccc(N=C=S)cc2)CC1.CN1CCN(c2ccc(Nc3nc(N)c(C(=O)c4ccc(Cl)c([N+](=O)[O-])c4)s3)cc2)CC1.O=C(CBr)c1ccc(Cl)c([N+](=O)[O-])c1. The van der Waals surface area contributed by atoms with Crippen LogP contribution < -0.4 is 20.9 Å². The molecule has 62 heavy (non-hydrogen) atoms. The highest BCUT2D eigenvalue weighted by Crippen LogP contribution is 2.33. The van der Waals surface area contributed by atoms with Gasteiger partial charge in [0.05, 0.1) is 26.0 Å². The van der Waals surface area contributed by atoms with Crippen LogP contribution in [-0.4, -0.2) is 113 Å². The average Bonchev–Trinajstić information content (AvgIpc) is 3.64. The first-order valence-electron chi connectivity index (χ1n) is 18.9. The standard InChI is InChI=1S/C21H21ClN6O3S.C12H15N3S.C8H5BrClNO3/c1-26-8-10-27(11-9-26)15-5-3-14(4-6-15)24-21-25-20(23)19(32-21)18(29)13-2-7-16(22)17(12-13)28(30)31;1-14-6-8-15(9-7-14)12-4-2-11(3-5-12)13-10-16;9-4-8(12)5-1-2-6(10)7(3-5)11(13)14/h2-7,12H,8-11,23H2,1H3,(H,24,25);2-5H,6-9H2,1H3;1-3H,4H2. The minimum Gasteiger partial charge on any atom is -0.382 e. The molecule has 0 spiro atoms. The van der Waals surface area contributed by atoms with Gasteiger partial charge in [-0.2, -0.15) is 4.99 Å². The third-order valence-electron chi connectivity index (χ3n) is 9.73. The lowest BCUT2D eigenvalue weighted by atomic mass is 10.1. The molecule has 0 aliphatic carbocycles. The first kappa shape index (κ1) is 47.7. The van der Waals surface area contributed by atoms with Crippen molar-refractivity contribution in [3.05, 3.63) is 131 Å². The van der Waals surface area contributed by atoms with Gasteiger partial charge in [-0.1, -0.05) is 50.5 Å². The summed E-state index contributed by atoms with van der Waals surface area (Å²) in [4.78, 5) is 62.2. The number of halogens is 3. The highest BCUT2D eigenvalue weighted by molar-refractivity contribution is 9.09. The number of thiocarbonyl (C=S) groups is 1. The fraction of sp³-hybridized carbons (Fsp3) is 0.268. The van der Waals surface area contributed by atoms with E-state index in [1.165, 1.54) is 36.0 Å². The number of nitrogens with one attached hydrogen (secondary N) is 1. The van der Waals surface area contributed by atoms with Gasteiger partial charge in [0.15, 0.2) is 10.9 Å². The van der Waals surface area contributed by atoms with Gasteiger partial charge >= 0.3 is 0 Å². The largest absolute Gasteiger partial charge is 0.382 e. The Hall–Kier alpha value is -5.37. The number of carbonyl (C=O) groups is 2. The van der Waals surface area contributed by atoms with Crippen LogP contribution >= 0.6 is 62.7 Å². The second-order valence-corrected chi connectivity index (χ2v) is 16.5. The summed E-state index contributed by atoms with van der Waals surface area (Å²) in [6.07, 6.45) is 0. The summed E-state index contributed by atoms with van der Waals surface area (Å²) in [5, 5.41) is 27.7. The maximum absolute atomic E-state index is 12.8. The molecular formula is C41H41BrCl2N10O6S2. The van der Waals surface area contributed by atoms with Crippen LogP contribution in [0.15, 0.2) is 89.9 Å². The number of hydrogen-bond acceptors (Lipinski definition) is 16. The van der Waals surface area contributed by atoms with Crippen molar-refractivity contribution < 1.29 is 19.4 Å². The van der Waals surface area contributed by atoms with E-state index in [1.807, 2.05) is 36.4 Å². The third kappa shape index (κ3) is 13.1. The van der Waals surface area contributed by atoms with Crippen molar-refractivity contribution in [1.82, 2.24) is 14.8 Å². The maximum atomic E-state index is 12.8. The van der Waals surface area contributed by atoms with E-state index < -0.39 is 15.6 Å². The summed E-state index contributed by atoms with van der Waals surface area (Å²) in [6.45, 7) is 8.47. The summed E-state index contributed by atoms with van der Waals surface area (Å²) >= 11 is 20.1. The number of carbonyl (C=O) groups excluding carboxylic acids is 2. The molecule has 324 valence electrons. The Morgan fingerprint density at radius 3 is 1.74 bits per heavy atom. The van der Waals surface area contributed by atoms with Gasteiger partial charge in [-0.15, -0.1) is 0 Å². The van der Waals surface area contributed by atoms with Crippen LogP contribution in [0.5, 0.6) is 0 Å². The maximum Gasteiger partial charge on any atom is 0.288 e. The monoisotopic (exact) mass is 982 g/mol. The topological polar surface area (TPSA) is 197 Å². The van der Waals surface area contributed by atoms with Gasteiger partial charge < -0.3 is 30.7 Å². The quantitative estimate of drug-likeness (QED) is 0.0318. The number of nitro benzene ring substituents is 2. The van der Waals surface area contributed by atoms with Crippen molar-refractivity contribution in [2.45, 2.75) is 0 Å². The zero-order valence-corrected chi connectivity index (χ0v) is 38.2. The molecule has 2 fully saturated rings. The van der Waals surface area contributed by atoms with Gasteiger partial charge in [-0.3, -0.25) is 29.8 Å². The Morgan fingerprint density at radius 2 is 1.27 bits per heavy atom. The lowest BCUT2D eigenvalue weighted by Gasteiger charge is -2.34. The molecule has 3 heterocycles. The minimum atomic E-state index is -0.631. The van der Waals surface area contributed by atoms with Gasteiger partial charge in [0.25, 0.3) is 11.4 Å². The predicted molar refractivity (Wildman–Crippen MR) is 255 cm³/mol. The van der Waals surface area contributed by atoms with Crippen molar-refractivity contribution in [3.63, 3.8) is 0 Å². The van der Waals surface area contributed by atoms with Crippen LogP contribution in [0, 0.1) is 20.2 Å². The summed E-state index contributed by atoms with van der Waals surface area (Å²) < 4.78 is 0. The number of nitrogens with two attached hydrogens (primary N) is 1. The van der Waals surface area contributed by atoms with Crippen LogP contribution in [0.1, 0.15) is 25.6 Å². The van der Waals surface area contributed by atoms with E-state index in [1.54, 1.807) is 0 Å². The number of benzene rings is 4. The van der Waals surface area contributed by atoms with Crippen molar-refractivity contribution in [3.8, 4) is 0 Å². The van der Waals surface area contributed by atoms with Gasteiger partial charge in [0.1, 0.15) is 20.7 Å². The molecule has 3 N–H and O–H groups in total. The number of likely N-dealkylation sites (N-methyl/N-ethyl adjacent to an activating group) is 2. The molecule has 0 saturated carbocycles. The normalized spacial score (nSPS) is 14.0. The van der Waals surface area contributed by atoms with Gasteiger partial charge in [0.2, 0.25) is 5.78 Å². The van der Waals surface area contributed by atoms with Crippen LogP contribution in [-0.2, 0) is 0 Å². The predicted octanol–water partition coefficient (Wildman–Crippen LogP) is 9.01. The average molecular weight is 985 g/mol. The van der Waals surface area contributed by atoms with Crippen molar-refractivity contribution >= 4 is 124 Å². The number of piperazine rings is 2. The molecule has 0 atom stereocenters. The Balaban J connectivity index is 0.000000201. The molecule has 2 aliphatic heterocycles. The molecule has 7 rings (SSSR count). The Morgan fingerprint density at radius 1 is 0.806 bits per heavy atom. The number of isothiocyanates is 1. The van der Waals surface area contributed by atoms with E-state index >= 15 is 0 Å². The molecule has 5 aromatic rings. The van der Waals surface area contributed by atoms with Crippen LogP contribution in [0.25, 0.3) is 0 Å². The highest BCUT2D eigenvalue weighted by Gasteiger charge is 2.23. The number of anilines is 5. The molecule has 1 aromatic heterocycles. The molecule has 2 aliphatic rings. The summed E-state index contributed by atoms with van der Waals surface area (Å²) in [7, 11) is 4.28. The Labute approximate surface area is 385 Å². The number of aromatic nitrogens is 1. The first-order valence-corrected chi connectivity index (χ1v) is 22.0. The van der Waals surface area contributed by atoms with E-state index in [0.29, 0.717) is 5.13 Å². The molecule has 0 unspecified atom stereocenters. The summed E-state index contributed by atoms with van der Waals surface area (Å²) in [5.41, 5.74) is 9.88. The number of aliphatic imine (C=N–C) groups is 1. The number of ketones is 2. The van der Waals surface area contributed by atoms with Crippen molar-refractivity contribution in [2.24, 2.45) is 4.99 Å². The molecule has 4 aromatic carbocycles. The molecule has 16 nitrogen and oxygen atoms in total. The smallest absolute Gasteiger partial charge is 0.288 e. The number of rotatable bonds is 11. The van der Waals surface area contributed by atoms with Crippen molar-refractivity contribution in [1.29, 1.82) is 0 Å².